The summed E-state index contributed by atoms with van der Waals surface area (Å²) < 4.78 is 6.60. The maximum atomic E-state index is 13.3. The van der Waals surface area contributed by atoms with E-state index in [9.17, 15) is 14.4 Å². The molecule has 0 aliphatic rings. The van der Waals surface area contributed by atoms with Crippen molar-refractivity contribution in [2.24, 2.45) is 5.92 Å². The van der Waals surface area contributed by atoms with Crippen molar-refractivity contribution in [3.05, 3.63) is 50.7 Å². The normalized spacial score (nSPS) is 10.9. The second-order valence-electron chi connectivity index (χ2n) is 7.01. The monoisotopic (exact) mass is 388 g/mol. The number of benzene rings is 1. The molecule has 0 aliphatic heterocycles. The highest BCUT2D eigenvalue weighted by atomic mass is 16.5. The van der Waals surface area contributed by atoms with Crippen LogP contribution in [0.5, 0.6) is 5.75 Å². The van der Waals surface area contributed by atoms with E-state index in [1.54, 1.807) is 24.3 Å². The minimum Gasteiger partial charge on any atom is -0.496 e. The largest absolute Gasteiger partial charge is 0.496 e. The molecule has 3 N–H and O–H groups in total. The zero-order chi connectivity index (χ0) is 20.8. The molecule has 2 aromatic rings. The minimum absolute atomic E-state index is 0.00824. The number of rotatable bonds is 8. The molecule has 0 unspecified atom stereocenters. The van der Waals surface area contributed by atoms with Gasteiger partial charge in [-0.15, -0.1) is 0 Å². The Morgan fingerprint density at radius 1 is 1.29 bits per heavy atom. The molecular formula is C20H28N4O4. The lowest BCUT2D eigenvalue weighted by atomic mass is 10.1. The van der Waals surface area contributed by atoms with Crippen molar-refractivity contribution in [3.8, 4) is 5.75 Å². The summed E-state index contributed by atoms with van der Waals surface area (Å²) in [5.41, 5.74) is 5.25. The van der Waals surface area contributed by atoms with E-state index in [0.29, 0.717) is 17.9 Å². The topological polar surface area (TPSA) is 110 Å². The molecule has 1 aromatic heterocycles. The van der Waals surface area contributed by atoms with Crippen molar-refractivity contribution in [1.29, 1.82) is 0 Å². The van der Waals surface area contributed by atoms with Gasteiger partial charge in [-0.1, -0.05) is 39.3 Å². The molecule has 0 saturated heterocycles. The highest BCUT2D eigenvalue weighted by Gasteiger charge is 2.27. The second-order valence-corrected chi connectivity index (χ2v) is 7.01. The molecule has 0 radical (unpaired) electrons. The van der Waals surface area contributed by atoms with Gasteiger partial charge in [0.25, 0.3) is 11.5 Å². The second kappa shape index (κ2) is 9.25. The lowest BCUT2D eigenvalue weighted by molar-refractivity contribution is 0.0980. The van der Waals surface area contributed by atoms with Gasteiger partial charge >= 0.3 is 5.69 Å². The summed E-state index contributed by atoms with van der Waals surface area (Å²) in [5, 5.41) is 0. The first-order valence-electron chi connectivity index (χ1n) is 9.39. The van der Waals surface area contributed by atoms with E-state index in [-0.39, 0.29) is 24.0 Å². The summed E-state index contributed by atoms with van der Waals surface area (Å²) in [6.45, 7) is 6.48. The fourth-order valence-corrected chi connectivity index (χ4v) is 2.98. The molecule has 28 heavy (non-hydrogen) atoms. The molecule has 0 atom stereocenters. The van der Waals surface area contributed by atoms with Crippen LogP contribution in [0.2, 0.25) is 0 Å². The van der Waals surface area contributed by atoms with Gasteiger partial charge in [0.2, 0.25) is 0 Å². The number of hydrogen-bond donors (Lipinski definition) is 2. The summed E-state index contributed by atoms with van der Waals surface area (Å²) in [7, 11) is 1.48. The highest BCUT2D eigenvalue weighted by Crippen LogP contribution is 2.25. The summed E-state index contributed by atoms with van der Waals surface area (Å²) >= 11 is 0. The van der Waals surface area contributed by atoms with Crippen LogP contribution < -0.4 is 26.6 Å². The Morgan fingerprint density at radius 2 is 1.96 bits per heavy atom. The Labute approximate surface area is 163 Å². The number of ether oxygens (including phenoxy) is 1. The number of aromatic nitrogens is 2. The predicted molar refractivity (Wildman–Crippen MR) is 110 cm³/mol. The Hall–Kier alpha value is -3.03. The number of amides is 1. The average molecular weight is 388 g/mol. The summed E-state index contributed by atoms with van der Waals surface area (Å²) in [4.78, 5) is 41.8. The number of carbonyl (C=O) groups is 1. The first-order valence-corrected chi connectivity index (χ1v) is 9.39. The van der Waals surface area contributed by atoms with Crippen LogP contribution in [0, 0.1) is 5.92 Å². The van der Waals surface area contributed by atoms with E-state index < -0.39 is 17.2 Å². The Balaban J connectivity index is 2.65. The van der Waals surface area contributed by atoms with Crippen molar-refractivity contribution in [2.45, 2.75) is 40.2 Å². The highest BCUT2D eigenvalue weighted by molar-refractivity contribution is 6.08. The molecule has 0 saturated carbocycles. The molecular weight excluding hydrogens is 360 g/mol. The third kappa shape index (κ3) is 4.44. The van der Waals surface area contributed by atoms with Crippen LogP contribution in [0.4, 0.5) is 11.5 Å². The summed E-state index contributed by atoms with van der Waals surface area (Å²) in [5.74, 6) is 0.0409. The number of hydrogen-bond acceptors (Lipinski definition) is 5. The van der Waals surface area contributed by atoms with E-state index in [2.05, 4.69) is 4.98 Å². The maximum Gasteiger partial charge on any atom is 0.330 e. The van der Waals surface area contributed by atoms with Gasteiger partial charge < -0.3 is 15.4 Å². The molecule has 1 heterocycles. The van der Waals surface area contributed by atoms with Crippen LogP contribution >= 0.6 is 0 Å². The minimum atomic E-state index is -0.681. The number of nitrogen functional groups attached to an aromatic ring is 1. The Kier molecular flexibility index (Phi) is 7.03. The van der Waals surface area contributed by atoms with Crippen LogP contribution in [0.3, 0.4) is 0 Å². The van der Waals surface area contributed by atoms with Gasteiger partial charge in [0.05, 0.1) is 12.7 Å². The number of unbranched alkanes of at least 4 members (excludes halogenated alkanes) is 1. The molecule has 8 nitrogen and oxygen atoms in total. The number of aromatic amines is 1. The van der Waals surface area contributed by atoms with Gasteiger partial charge in [-0.2, -0.15) is 0 Å². The van der Waals surface area contributed by atoms with Gasteiger partial charge in [0, 0.05) is 13.1 Å². The molecule has 1 amide bonds. The van der Waals surface area contributed by atoms with Crippen molar-refractivity contribution in [2.75, 3.05) is 24.3 Å². The van der Waals surface area contributed by atoms with Crippen molar-refractivity contribution >= 4 is 17.4 Å². The van der Waals surface area contributed by atoms with Gasteiger partial charge in [0.15, 0.2) is 5.69 Å². The van der Waals surface area contributed by atoms with E-state index in [4.69, 9.17) is 10.5 Å². The number of carbonyl (C=O) groups excluding carboxylic acids is 1. The van der Waals surface area contributed by atoms with Gasteiger partial charge in [0.1, 0.15) is 11.6 Å². The van der Waals surface area contributed by atoms with Crippen molar-refractivity contribution < 1.29 is 9.53 Å². The summed E-state index contributed by atoms with van der Waals surface area (Å²) in [6, 6.07) is 6.79. The standard InChI is InChI=1S/C20H28N4O4/c1-5-6-11-23-17(21)16(18(25)22-20(23)27)24(12-13(2)3)19(26)14-9-7-8-10-15(14)28-4/h7-10,13H,5-6,11-12,21H2,1-4H3,(H,22,25,27). The predicted octanol–water partition coefficient (Wildman–Crippen LogP) is 2.23. The zero-order valence-corrected chi connectivity index (χ0v) is 16.8. The average Bonchev–Trinajstić information content (AvgIpc) is 2.66. The van der Waals surface area contributed by atoms with E-state index in [0.717, 1.165) is 12.8 Å². The van der Waals surface area contributed by atoms with Crippen LogP contribution in [0.1, 0.15) is 44.0 Å². The zero-order valence-electron chi connectivity index (χ0n) is 16.8. The van der Waals surface area contributed by atoms with Gasteiger partial charge in [-0.25, -0.2) is 4.79 Å². The molecule has 152 valence electrons. The van der Waals surface area contributed by atoms with Crippen LogP contribution in [0.25, 0.3) is 0 Å². The number of para-hydroxylation sites is 1. The number of H-pyrrole nitrogens is 1. The summed E-state index contributed by atoms with van der Waals surface area (Å²) in [6.07, 6.45) is 1.58. The Bertz CT molecular complexity index is 946. The Morgan fingerprint density at radius 3 is 2.57 bits per heavy atom. The molecule has 0 aliphatic carbocycles. The van der Waals surface area contributed by atoms with Gasteiger partial charge in [-0.05, 0) is 24.5 Å². The van der Waals surface area contributed by atoms with E-state index in [1.807, 2.05) is 20.8 Å². The van der Waals surface area contributed by atoms with Crippen LogP contribution in [0.15, 0.2) is 33.9 Å². The lowest BCUT2D eigenvalue weighted by Crippen LogP contribution is -2.42. The first kappa shape index (κ1) is 21.3. The molecule has 0 fully saturated rings. The fraction of sp³-hybridized carbons (Fsp3) is 0.450. The molecule has 0 spiro atoms. The quantitative estimate of drug-likeness (QED) is 0.720. The third-order valence-electron chi connectivity index (χ3n) is 4.35. The molecule has 2 rings (SSSR count). The first-order chi connectivity index (χ1) is 13.3. The van der Waals surface area contributed by atoms with E-state index in [1.165, 1.54) is 16.6 Å². The van der Waals surface area contributed by atoms with Crippen molar-refractivity contribution in [3.63, 3.8) is 0 Å². The number of nitrogens with two attached hydrogens (primary N) is 1. The van der Waals surface area contributed by atoms with E-state index >= 15 is 0 Å². The SMILES string of the molecule is CCCCn1c(N)c(N(CC(C)C)C(=O)c2ccccc2OC)c(=O)[nH]c1=O. The van der Waals surface area contributed by atoms with Crippen LogP contribution in [-0.2, 0) is 6.54 Å². The fourth-order valence-electron chi connectivity index (χ4n) is 2.98. The lowest BCUT2D eigenvalue weighted by Gasteiger charge is -2.26. The number of anilines is 2. The molecule has 0 bridgehead atoms. The number of methoxy groups -OCH3 is 1. The molecule has 8 heteroatoms. The number of nitrogens with one attached hydrogen (secondary N) is 1. The number of nitrogens with zero attached hydrogens (tertiary/aromatic N) is 2. The van der Waals surface area contributed by atoms with Crippen LogP contribution in [-0.4, -0.2) is 29.1 Å². The van der Waals surface area contributed by atoms with Crippen molar-refractivity contribution in [1.82, 2.24) is 9.55 Å². The third-order valence-corrected chi connectivity index (χ3v) is 4.35. The van der Waals surface area contributed by atoms with Gasteiger partial charge in [-0.3, -0.25) is 19.1 Å². The smallest absolute Gasteiger partial charge is 0.330 e. The maximum absolute atomic E-state index is 13.3. The molecule has 1 aromatic carbocycles.